The zero-order valence-electron chi connectivity index (χ0n) is 18.4. The van der Waals surface area contributed by atoms with Crippen LogP contribution in [0.1, 0.15) is 25.0 Å². The zero-order chi connectivity index (χ0) is 24.6. The Morgan fingerprint density at radius 3 is 2.66 bits per heavy atom. The van der Waals surface area contributed by atoms with Crippen molar-refractivity contribution in [2.45, 2.75) is 37.8 Å². The van der Waals surface area contributed by atoms with E-state index >= 15 is 0 Å². The summed E-state index contributed by atoms with van der Waals surface area (Å²) in [5, 5.41) is 5.25. The van der Waals surface area contributed by atoms with Gasteiger partial charge in [0.25, 0.3) is 0 Å². The molecule has 5 atom stereocenters. The molecule has 2 fully saturated rings. The molecule has 1 unspecified atom stereocenters. The van der Waals surface area contributed by atoms with Gasteiger partial charge in [-0.2, -0.15) is 0 Å². The maximum atomic E-state index is 12.0. The summed E-state index contributed by atoms with van der Waals surface area (Å²) in [5.74, 6) is 0.210. The van der Waals surface area contributed by atoms with E-state index in [2.05, 4.69) is 25.6 Å². The van der Waals surface area contributed by atoms with Gasteiger partial charge in [-0.15, -0.1) is 0 Å². The second-order valence-corrected chi connectivity index (χ2v) is 9.07. The Hall–Kier alpha value is -2.97. The van der Waals surface area contributed by atoms with Crippen LogP contribution in [0.3, 0.4) is 0 Å². The maximum absolute atomic E-state index is 12.0. The molecule has 4 N–H and O–H groups in total. The second kappa shape index (κ2) is 9.59. The highest BCUT2D eigenvalue weighted by Gasteiger charge is 2.54. The number of anilines is 1. The molecule has 2 amide bonds. The molecule has 0 radical (unpaired) electrons. The number of carbonyl (C=O) groups excluding carboxylic acids is 1. The summed E-state index contributed by atoms with van der Waals surface area (Å²) in [5.41, 5.74) is 1.47. The van der Waals surface area contributed by atoms with Gasteiger partial charge in [0.05, 0.1) is 12.9 Å². The van der Waals surface area contributed by atoms with E-state index in [0.717, 1.165) is 5.56 Å². The van der Waals surface area contributed by atoms with Crippen LogP contribution in [0.2, 0.25) is 0 Å². The molecule has 0 spiro atoms. The number of rotatable bonds is 7. The molecule has 2 aliphatic heterocycles. The smallest absolute Gasteiger partial charge is 0.347 e. The summed E-state index contributed by atoms with van der Waals surface area (Å²) in [6.45, 7) is 1.81. The van der Waals surface area contributed by atoms with E-state index < -0.39 is 51.3 Å². The van der Waals surface area contributed by atoms with Gasteiger partial charge >= 0.3 is 13.9 Å². The summed E-state index contributed by atoms with van der Waals surface area (Å²) in [6, 6.07) is 8.83. The molecule has 4 heterocycles. The van der Waals surface area contributed by atoms with Crippen molar-refractivity contribution in [3.63, 3.8) is 0 Å². The SMILES string of the molecule is CCNC(=O)Nc1ncnc2c1ncn2[C@@H]1O[C@H](COP(=O)(O)O)[C@@H]2O[C@H](c3ccccc3)OC21. The molecule has 2 saturated heterocycles. The van der Waals surface area contributed by atoms with Crippen molar-refractivity contribution in [2.24, 2.45) is 0 Å². The lowest BCUT2D eigenvalue weighted by Crippen LogP contribution is -2.31. The number of nitrogens with one attached hydrogen (secondary N) is 2. The van der Waals surface area contributed by atoms with Crippen molar-refractivity contribution >= 4 is 30.8 Å². The van der Waals surface area contributed by atoms with E-state index in [1.165, 1.54) is 12.7 Å². The molecule has 0 aliphatic carbocycles. The Labute approximate surface area is 198 Å². The Morgan fingerprint density at radius 1 is 1.14 bits per heavy atom. The van der Waals surface area contributed by atoms with Gasteiger partial charge in [-0.1, -0.05) is 30.3 Å². The van der Waals surface area contributed by atoms with Gasteiger partial charge < -0.3 is 29.3 Å². The van der Waals surface area contributed by atoms with Crippen molar-refractivity contribution in [3.05, 3.63) is 48.5 Å². The van der Waals surface area contributed by atoms with Crippen LogP contribution in [0.5, 0.6) is 0 Å². The summed E-state index contributed by atoms with van der Waals surface area (Å²) in [4.78, 5) is 43.0. The number of hydrogen-bond donors (Lipinski definition) is 4. The van der Waals surface area contributed by atoms with Crippen molar-refractivity contribution in [3.8, 4) is 0 Å². The molecule has 2 aromatic heterocycles. The molecular weight excluding hydrogens is 483 g/mol. The number of phosphoric acid groups is 1. The van der Waals surface area contributed by atoms with Crippen molar-refractivity contribution in [2.75, 3.05) is 18.5 Å². The van der Waals surface area contributed by atoms with Gasteiger partial charge in [0.2, 0.25) is 0 Å². The van der Waals surface area contributed by atoms with E-state index in [9.17, 15) is 9.36 Å². The molecule has 15 heteroatoms. The van der Waals surface area contributed by atoms with E-state index in [-0.39, 0.29) is 5.82 Å². The number of fused-ring (bicyclic) bond motifs is 2. The number of benzene rings is 1. The van der Waals surface area contributed by atoms with Gasteiger partial charge in [0.15, 0.2) is 29.5 Å². The number of imidazole rings is 1. The van der Waals surface area contributed by atoms with Gasteiger partial charge in [-0.3, -0.25) is 14.4 Å². The minimum absolute atomic E-state index is 0.210. The van der Waals surface area contributed by atoms with Crippen LogP contribution < -0.4 is 10.6 Å². The largest absolute Gasteiger partial charge is 0.469 e. The average Bonchev–Trinajstić information content (AvgIpc) is 3.52. The highest BCUT2D eigenvalue weighted by molar-refractivity contribution is 7.46. The van der Waals surface area contributed by atoms with Crippen molar-refractivity contribution < 1.29 is 37.9 Å². The van der Waals surface area contributed by atoms with Gasteiger partial charge in [0, 0.05) is 12.1 Å². The normalized spacial score (nSPS) is 26.1. The number of amides is 2. The van der Waals surface area contributed by atoms with Crippen molar-refractivity contribution in [1.29, 1.82) is 0 Å². The van der Waals surface area contributed by atoms with E-state index in [0.29, 0.717) is 17.7 Å². The topological polar surface area (TPSA) is 179 Å². The lowest BCUT2D eigenvalue weighted by atomic mass is 10.1. The standard InChI is InChI=1S/C20H23N6O8P/c1-2-21-20(27)25-16-13-17(23-9-22-16)26(10-24-13)18-15-14(12(32-18)8-31-35(28,29)30)33-19(34-15)11-6-4-3-5-7-11/h3-7,9-10,12,14-15,18-19H,2,8H2,1H3,(H2,28,29,30)(H2,21,22,23,25,27)/t12-,14+,15?,18-,19+/m1/s1. The van der Waals surface area contributed by atoms with Crippen LogP contribution >= 0.6 is 7.82 Å². The summed E-state index contributed by atoms with van der Waals surface area (Å²) in [7, 11) is -4.74. The fourth-order valence-electron chi connectivity index (χ4n) is 4.07. The summed E-state index contributed by atoms with van der Waals surface area (Å²) < 4.78 is 35.9. The highest BCUT2D eigenvalue weighted by atomic mass is 31.2. The monoisotopic (exact) mass is 506 g/mol. The first kappa shape index (κ1) is 23.8. The number of carbonyl (C=O) groups is 1. The number of nitrogens with zero attached hydrogens (tertiary/aromatic N) is 4. The van der Waals surface area contributed by atoms with Crippen LogP contribution in [-0.4, -0.2) is 66.8 Å². The highest BCUT2D eigenvalue weighted by Crippen LogP contribution is 2.46. The lowest BCUT2D eigenvalue weighted by molar-refractivity contribution is -0.152. The van der Waals surface area contributed by atoms with Crippen molar-refractivity contribution in [1.82, 2.24) is 24.8 Å². The Kier molecular flexibility index (Phi) is 6.51. The van der Waals surface area contributed by atoms with E-state index in [4.69, 9.17) is 28.5 Å². The first-order valence-corrected chi connectivity index (χ1v) is 12.3. The zero-order valence-corrected chi connectivity index (χ0v) is 19.3. The first-order valence-electron chi connectivity index (χ1n) is 10.8. The minimum atomic E-state index is -4.74. The molecular formula is C20H23N6O8P. The predicted molar refractivity (Wildman–Crippen MR) is 119 cm³/mol. The molecule has 14 nitrogen and oxygen atoms in total. The molecule has 0 saturated carbocycles. The average molecular weight is 506 g/mol. The van der Waals surface area contributed by atoms with Gasteiger partial charge in [-0.25, -0.2) is 24.3 Å². The van der Waals surface area contributed by atoms with Crippen LogP contribution in [0, 0.1) is 0 Å². The van der Waals surface area contributed by atoms with Crippen LogP contribution in [0.4, 0.5) is 10.6 Å². The fraction of sp³-hybridized carbons (Fsp3) is 0.400. The maximum Gasteiger partial charge on any atom is 0.469 e. The molecule has 2 aliphatic rings. The quantitative estimate of drug-likeness (QED) is 0.341. The predicted octanol–water partition coefficient (Wildman–Crippen LogP) is 1.46. The van der Waals surface area contributed by atoms with Crippen LogP contribution in [0.15, 0.2) is 43.0 Å². The molecule has 186 valence electrons. The third kappa shape index (κ3) is 4.90. The molecule has 3 aromatic rings. The Bertz CT molecular complexity index is 1250. The minimum Gasteiger partial charge on any atom is -0.347 e. The Balaban J connectivity index is 1.45. The number of hydrogen-bond acceptors (Lipinski definition) is 9. The first-order chi connectivity index (χ1) is 16.8. The fourth-order valence-corrected chi connectivity index (χ4v) is 4.41. The number of ether oxygens (including phenoxy) is 3. The van der Waals surface area contributed by atoms with Crippen LogP contribution in [-0.2, 0) is 23.3 Å². The third-order valence-electron chi connectivity index (χ3n) is 5.53. The lowest BCUT2D eigenvalue weighted by Gasteiger charge is -2.21. The summed E-state index contributed by atoms with van der Waals surface area (Å²) in [6.07, 6.45) is -0.983. The van der Waals surface area contributed by atoms with E-state index in [1.807, 2.05) is 30.3 Å². The Morgan fingerprint density at radius 2 is 1.91 bits per heavy atom. The van der Waals surface area contributed by atoms with Gasteiger partial charge in [-0.05, 0) is 6.92 Å². The van der Waals surface area contributed by atoms with Gasteiger partial charge in [0.1, 0.15) is 24.6 Å². The summed E-state index contributed by atoms with van der Waals surface area (Å²) >= 11 is 0. The number of aromatic nitrogens is 4. The van der Waals surface area contributed by atoms with E-state index in [1.54, 1.807) is 11.5 Å². The third-order valence-corrected chi connectivity index (χ3v) is 6.01. The van der Waals surface area contributed by atoms with Crippen LogP contribution in [0.25, 0.3) is 11.2 Å². The second-order valence-electron chi connectivity index (χ2n) is 7.83. The number of phosphoric ester groups is 1. The number of urea groups is 1. The molecule has 1 aromatic carbocycles. The molecule has 35 heavy (non-hydrogen) atoms. The molecule has 0 bridgehead atoms. The molecule has 5 rings (SSSR count).